The molecule has 0 saturated heterocycles. The molecule has 0 spiro atoms. The predicted octanol–water partition coefficient (Wildman–Crippen LogP) is 5.92. The number of hydrogen-bond acceptors (Lipinski definition) is 5. The average molecular weight is 418 g/mol. The zero-order valence-corrected chi connectivity index (χ0v) is 18.0. The number of ether oxygens (including phenoxy) is 3. The van der Waals surface area contributed by atoms with E-state index in [2.05, 4.69) is 0 Å². The first-order chi connectivity index (χ1) is 15.0. The molecule has 0 saturated carbocycles. The molecule has 3 aromatic rings. The van der Waals surface area contributed by atoms with E-state index in [-0.39, 0.29) is 11.9 Å². The second-order valence-corrected chi connectivity index (χ2v) is 7.10. The molecule has 0 heterocycles. The molecule has 5 nitrogen and oxygen atoms in total. The summed E-state index contributed by atoms with van der Waals surface area (Å²) in [4.78, 5) is 24.4. The number of hydrogen-bond donors (Lipinski definition) is 0. The summed E-state index contributed by atoms with van der Waals surface area (Å²) >= 11 is 0. The van der Waals surface area contributed by atoms with Crippen molar-refractivity contribution in [1.29, 1.82) is 0 Å². The van der Waals surface area contributed by atoms with Crippen molar-refractivity contribution >= 4 is 11.9 Å². The van der Waals surface area contributed by atoms with Gasteiger partial charge < -0.3 is 14.2 Å². The Morgan fingerprint density at radius 3 is 1.58 bits per heavy atom. The molecule has 0 N–H and O–H groups in total. The van der Waals surface area contributed by atoms with Crippen LogP contribution in [-0.4, -0.2) is 19.0 Å². The Kier molecular flexibility index (Phi) is 7.44. The molecule has 160 valence electrons. The maximum Gasteiger partial charge on any atom is 0.343 e. The summed E-state index contributed by atoms with van der Waals surface area (Å²) in [5, 5.41) is 0. The van der Waals surface area contributed by atoms with E-state index < -0.39 is 5.97 Å². The smallest absolute Gasteiger partial charge is 0.343 e. The molecule has 0 aliphatic rings. The predicted molar refractivity (Wildman–Crippen MR) is 120 cm³/mol. The van der Waals surface area contributed by atoms with E-state index in [1.807, 2.05) is 38.1 Å². The van der Waals surface area contributed by atoms with E-state index in [0.717, 1.165) is 24.0 Å². The van der Waals surface area contributed by atoms with Gasteiger partial charge in [-0.1, -0.05) is 38.1 Å². The van der Waals surface area contributed by atoms with Crippen LogP contribution in [0.3, 0.4) is 0 Å². The van der Waals surface area contributed by atoms with E-state index in [1.54, 1.807) is 55.6 Å². The molecule has 0 unspecified atom stereocenters. The minimum atomic E-state index is -0.431. The van der Waals surface area contributed by atoms with Gasteiger partial charge in [0.1, 0.15) is 17.2 Å². The van der Waals surface area contributed by atoms with Gasteiger partial charge in [-0.05, 0) is 72.5 Å². The summed E-state index contributed by atoms with van der Waals surface area (Å²) in [6.45, 7) is 3.97. The Morgan fingerprint density at radius 2 is 1.13 bits per heavy atom. The van der Waals surface area contributed by atoms with Gasteiger partial charge in [0.15, 0.2) is 0 Å². The number of benzene rings is 3. The molecule has 0 atom stereocenters. The average Bonchev–Trinajstić information content (AvgIpc) is 2.81. The topological polar surface area (TPSA) is 61.8 Å². The highest BCUT2D eigenvalue weighted by molar-refractivity contribution is 5.91. The van der Waals surface area contributed by atoms with Crippen LogP contribution < -0.4 is 14.2 Å². The van der Waals surface area contributed by atoms with Crippen molar-refractivity contribution in [3.05, 3.63) is 78.4 Å². The Hall–Kier alpha value is -3.60. The third kappa shape index (κ3) is 5.72. The van der Waals surface area contributed by atoms with Crippen molar-refractivity contribution in [2.45, 2.75) is 26.7 Å². The number of carbonyl (C=O) groups is 2. The minimum Gasteiger partial charge on any atom is -0.497 e. The summed E-state index contributed by atoms with van der Waals surface area (Å²) in [7, 11) is 1.57. The fourth-order valence-corrected chi connectivity index (χ4v) is 3.15. The highest BCUT2D eigenvalue weighted by atomic mass is 16.5. The first-order valence-corrected chi connectivity index (χ1v) is 10.3. The van der Waals surface area contributed by atoms with Gasteiger partial charge >= 0.3 is 11.9 Å². The Labute approximate surface area is 182 Å². The van der Waals surface area contributed by atoms with Crippen LogP contribution in [0.25, 0.3) is 11.1 Å². The first-order valence-electron chi connectivity index (χ1n) is 10.3. The molecule has 5 heteroatoms. The molecule has 0 aromatic heterocycles. The van der Waals surface area contributed by atoms with Gasteiger partial charge in [0.05, 0.1) is 18.6 Å². The largest absolute Gasteiger partial charge is 0.497 e. The van der Waals surface area contributed by atoms with Crippen molar-refractivity contribution in [2.24, 2.45) is 5.92 Å². The van der Waals surface area contributed by atoms with Crippen LogP contribution in [0, 0.1) is 5.92 Å². The van der Waals surface area contributed by atoms with Crippen LogP contribution in [0.1, 0.15) is 37.0 Å². The van der Waals surface area contributed by atoms with Gasteiger partial charge in [0.2, 0.25) is 0 Å². The maximum atomic E-state index is 12.3. The molecular weight excluding hydrogens is 392 g/mol. The number of carbonyl (C=O) groups excluding carboxylic acids is 2. The molecule has 0 fully saturated rings. The third-order valence-electron chi connectivity index (χ3n) is 5.12. The highest BCUT2D eigenvalue weighted by Gasteiger charge is 2.16. The molecule has 3 aromatic carbocycles. The SMILES string of the molecule is CCC(CC)C(=O)Oc1ccc(-c2ccc(OC(=O)c3ccc(OC)cc3)cc2)cc1. The molecule has 0 radical (unpaired) electrons. The van der Waals surface area contributed by atoms with E-state index in [4.69, 9.17) is 14.2 Å². The van der Waals surface area contributed by atoms with Crippen molar-refractivity contribution in [1.82, 2.24) is 0 Å². The monoisotopic (exact) mass is 418 g/mol. The normalized spacial score (nSPS) is 10.6. The summed E-state index contributed by atoms with van der Waals surface area (Å²) in [6, 6.07) is 21.4. The van der Waals surface area contributed by atoms with E-state index in [0.29, 0.717) is 22.8 Å². The van der Waals surface area contributed by atoms with Crippen molar-refractivity contribution in [3.8, 4) is 28.4 Å². The molecule has 3 rings (SSSR count). The Morgan fingerprint density at radius 1 is 0.677 bits per heavy atom. The molecule has 0 aliphatic carbocycles. The molecule has 0 amide bonds. The Bertz CT molecular complexity index is 1000. The number of rotatable bonds is 8. The molecule has 0 aliphatic heterocycles. The van der Waals surface area contributed by atoms with Crippen molar-refractivity contribution < 1.29 is 23.8 Å². The fourth-order valence-electron chi connectivity index (χ4n) is 3.15. The van der Waals surface area contributed by atoms with Gasteiger partial charge in [-0.15, -0.1) is 0 Å². The van der Waals surface area contributed by atoms with Crippen molar-refractivity contribution in [3.63, 3.8) is 0 Å². The van der Waals surface area contributed by atoms with E-state index in [1.165, 1.54) is 0 Å². The lowest BCUT2D eigenvalue weighted by Crippen LogP contribution is -2.19. The second kappa shape index (κ2) is 10.4. The first kappa shape index (κ1) is 22.1. The van der Waals surface area contributed by atoms with Gasteiger partial charge in [0.25, 0.3) is 0 Å². The van der Waals surface area contributed by atoms with E-state index >= 15 is 0 Å². The quantitative estimate of drug-likeness (QED) is 0.335. The summed E-state index contributed by atoms with van der Waals surface area (Å²) in [6.07, 6.45) is 1.53. The zero-order chi connectivity index (χ0) is 22.2. The van der Waals surface area contributed by atoms with Crippen LogP contribution in [0.4, 0.5) is 0 Å². The zero-order valence-electron chi connectivity index (χ0n) is 18.0. The van der Waals surface area contributed by atoms with Crippen molar-refractivity contribution in [2.75, 3.05) is 7.11 Å². The molecule has 31 heavy (non-hydrogen) atoms. The second-order valence-electron chi connectivity index (χ2n) is 7.10. The van der Waals surface area contributed by atoms with Crippen LogP contribution in [-0.2, 0) is 4.79 Å². The van der Waals surface area contributed by atoms with Crippen LogP contribution >= 0.6 is 0 Å². The summed E-state index contributed by atoms with van der Waals surface area (Å²) < 4.78 is 16.0. The molecule has 0 bridgehead atoms. The lowest BCUT2D eigenvalue weighted by molar-refractivity contribution is -0.139. The standard InChI is InChI=1S/C26H26O5/c1-4-18(5-2)25(27)30-23-14-6-19(7-15-23)20-8-16-24(17-9-20)31-26(28)21-10-12-22(29-3)13-11-21/h6-18H,4-5H2,1-3H3. The van der Waals surface area contributed by atoms with Gasteiger partial charge in [-0.2, -0.15) is 0 Å². The minimum absolute atomic E-state index is 0.0761. The number of methoxy groups -OCH3 is 1. The molecular formula is C26H26O5. The summed E-state index contributed by atoms with van der Waals surface area (Å²) in [5.74, 6) is 0.968. The van der Waals surface area contributed by atoms with Gasteiger partial charge in [0, 0.05) is 0 Å². The van der Waals surface area contributed by atoms with Gasteiger partial charge in [-0.25, -0.2) is 4.79 Å². The highest BCUT2D eigenvalue weighted by Crippen LogP contribution is 2.26. The number of esters is 2. The Balaban J connectivity index is 1.62. The lowest BCUT2D eigenvalue weighted by Gasteiger charge is -2.12. The van der Waals surface area contributed by atoms with Gasteiger partial charge in [-0.3, -0.25) is 4.79 Å². The van der Waals surface area contributed by atoms with Crippen LogP contribution in [0.5, 0.6) is 17.2 Å². The van der Waals surface area contributed by atoms with Crippen LogP contribution in [0.2, 0.25) is 0 Å². The maximum absolute atomic E-state index is 12.3. The lowest BCUT2D eigenvalue weighted by atomic mass is 10.0. The third-order valence-corrected chi connectivity index (χ3v) is 5.12. The van der Waals surface area contributed by atoms with Crippen LogP contribution in [0.15, 0.2) is 72.8 Å². The fraction of sp³-hybridized carbons (Fsp3) is 0.231. The summed E-state index contributed by atoms with van der Waals surface area (Å²) in [5.41, 5.74) is 2.38. The van der Waals surface area contributed by atoms with E-state index in [9.17, 15) is 9.59 Å².